The Kier molecular flexibility index (Phi) is 2.78. The third-order valence-electron chi connectivity index (χ3n) is 4.06. The van der Waals surface area contributed by atoms with E-state index in [0.717, 1.165) is 17.2 Å². The number of allylic oxidation sites excluding steroid dienone is 1. The number of aromatic nitrogens is 3. The number of rotatable bonds is 1. The molecule has 2 aliphatic heterocycles. The Labute approximate surface area is 121 Å². The zero-order valence-electron chi connectivity index (χ0n) is 11.0. The molecule has 4 heterocycles. The average Bonchev–Trinajstić information content (AvgIpc) is 2.89. The molecule has 0 spiro atoms. The average molecular weight is 282 g/mol. The Morgan fingerprint density at radius 3 is 3.15 bits per heavy atom. The molecule has 2 bridgehead atoms. The minimum atomic E-state index is 0.529. The van der Waals surface area contributed by atoms with Crippen LogP contribution in [-0.2, 0) is 0 Å². The van der Waals surface area contributed by atoms with Crippen LogP contribution in [0.2, 0.25) is 0 Å². The molecule has 0 aromatic carbocycles. The zero-order chi connectivity index (χ0) is 13.5. The van der Waals surface area contributed by atoms with Crippen molar-refractivity contribution in [3.05, 3.63) is 35.8 Å². The second kappa shape index (κ2) is 4.64. The number of thioether (sulfide) groups is 1. The van der Waals surface area contributed by atoms with Crippen molar-refractivity contribution < 1.29 is 0 Å². The molecule has 0 saturated carbocycles. The van der Waals surface area contributed by atoms with Gasteiger partial charge in [-0.2, -0.15) is 22.1 Å². The fourth-order valence-electron chi connectivity index (χ4n) is 3.07. The Morgan fingerprint density at radius 1 is 1.35 bits per heavy atom. The van der Waals surface area contributed by atoms with Crippen molar-refractivity contribution in [1.82, 2.24) is 14.6 Å². The zero-order valence-corrected chi connectivity index (χ0v) is 11.8. The van der Waals surface area contributed by atoms with E-state index in [1.807, 2.05) is 12.4 Å². The number of hydrogen-bond acceptors (Lipinski definition) is 4. The van der Waals surface area contributed by atoms with Gasteiger partial charge in [0.2, 0.25) is 0 Å². The smallest absolute Gasteiger partial charge is 0.172 e. The lowest BCUT2D eigenvalue weighted by Crippen LogP contribution is -2.21. The maximum atomic E-state index is 8.99. The van der Waals surface area contributed by atoms with Crippen LogP contribution in [0.15, 0.2) is 24.7 Å². The number of fused-ring (bicyclic) bond motifs is 3. The summed E-state index contributed by atoms with van der Waals surface area (Å²) >= 11 is 2.12. The second-order valence-corrected chi connectivity index (χ2v) is 6.95. The summed E-state index contributed by atoms with van der Waals surface area (Å²) in [5.41, 5.74) is 3.70. The molecular formula is C15H14N4S. The van der Waals surface area contributed by atoms with Crippen LogP contribution in [0.1, 0.15) is 36.8 Å². The molecule has 5 heteroatoms. The first-order valence-electron chi connectivity index (χ1n) is 6.93. The lowest BCUT2D eigenvalue weighted by Gasteiger charge is -2.32. The third kappa shape index (κ3) is 1.92. The summed E-state index contributed by atoms with van der Waals surface area (Å²) in [6.45, 7) is 0. The van der Waals surface area contributed by atoms with Crippen LogP contribution in [0.5, 0.6) is 0 Å². The molecule has 20 heavy (non-hydrogen) atoms. The summed E-state index contributed by atoms with van der Waals surface area (Å²) in [5, 5.41) is 14.6. The van der Waals surface area contributed by atoms with E-state index in [1.54, 1.807) is 10.7 Å². The quantitative estimate of drug-likeness (QED) is 0.806. The second-order valence-electron chi connectivity index (χ2n) is 5.40. The predicted octanol–water partition coefficient (Wildman–Crippen LogP) is 3.04. The van der Waals surface area contributed by atoms with Crippen LogP contribution >= 0.6 is 11.8 Å². The van der Waals surface area contributed by atoms with E-state index in [0.29, 0.717) is 16.5 Å². The van der Waals surface area contributed by atoms with Gasteiger partial charge in [-0.05, 0) is 24.8 Å². The highest BCUT2D eigenvalue weighted by Gasteiger charge is 2.27. The van der Waals surface area contributed by atoms with Gasteiger partial charge in [0.15, 0.2) is 5.65 Å². The molecule has 100 valence electrons. The lowest BCUT2D eigenvalue weighted by molar-refractivity contribution is 0.629. The molecule has 0 radical (unpaired) electrons. The molecule has 4 nitrogen and oxygen atoms in total. The van der Waals surface area contributed by atoms with E-state index in [9.17, 15) is 0 Å². The standard InChI is InChI=1S/C15H14N4S/c16-6-11-8-18-19-9-12(7-17-15(11)19)10-4-13-2-1-3-14(5-10)20-13/h4,7-9,13-14H,1-3,5H2. The van der Waals surface area contributed by atoms with Gasteiger partial charge >= 0.3 is 0 Å². The van der Waals surface area contributed by atoms with Gasteiger partial charge in [0, 0.05) is 28.5 Å². The van der Waals surface area contributed by atoms with Gasteiger partial charge in [-0.1, -0.05) is 12.5 Å². The Morgan fingerprint density at radius 2 is 2.30 bits per heavy atom. The largest absolute Gasteiger partial charge is 0.235 e. The maximum Gasteiger partial charge on any atom is 0.172 e. The summed E-state index contributed by atoms with van der Waals surface area (Å²) < 4.78 is 1.71. The first kappa shape index (κ1) is 12.0. The number of hydrogen-bond donors (Lipinski definition) is 0. The van der Waals surface area contributed by atoms with Gasteiger partial charge in [0.25, 0.3) is 0 Å². The van der Waals surface area contributed by atoms with Gasteiger partial charge < -0.3 is 0 Å². The van der Waals surface area contributed by atoms with Crippen LogP contribution in [0.4, 0.5) is 0 Å². The highest BCUT2D eigenvalue weighted by molar-refractivity contribution is 8.00. The molecule has 1 fully saturated rings. The van der Waals surface area contributed by atoms with Crippen LogP contribution in [-0.4, -0.2) is 25.1 Å². The molecule has 2 aliphatic rings. The first-order valence-corrected chi connectivity index (χ1v) is 7.88. The molecule has 2 unspecified atom stereocenters. The molecule has 2 aromatic heterocycles. The minimum Gasteiger partial charge on any atom is -0.235 e. The van der Waals surface area contributed by atoms with E-state index in [2.05, 4.69) is 34.0 Å². The maximum absolute atomic E-state index is 8.99. The predicted molar refractivity (Wildman–Crippen MR) is 79.3 cm³/mol. The van der Waals surface area contributed by atoms with Crippen LogP contribution in [0.3, 0.4) is 0 Å². The Hall–Kier alpha value is -1.80. The summed E-state index contributed by atoms with van der Waals surface area (Å²) in [7, 11) is 0. The molecule has 2 atom stereocenters. The normalized spacial score (nSPS) is 25.2. The van der Waals surface area contributed by atoms with Gasteiger partial charge in [0.05, 0.1) is 6.20 Å². The topological polar surface area (TPSA) is 54.0 Å². The Bertz CT molecular complexity index is 740. The highest BCUT2D eigenvalue weighted by atomic mass is 32.2. The molecule has 4 rings (SSSR count). The van der Waals surface area contributed by atoms with Gasteiger partial charge in [0.1, 0.15) is 11.6 Å². The molecular weight excluding hydrogens is 268 g/mol. The SMILES string of the molecule is N#Cc1cnn2cc(C3=CC4CCCC(C3)S4)cnc12. The molecule has 2 aromatic rings. The summed E-state index contributed by atoms with van der Waals surface area (Å²) in [4.78, 5) is 4.41. The van der Waals surface area contributed by atoms with E-state index in [-0.39, 0.29) is 0 Å². The van der Waals surface area contributed by atoms with Crippen LogP contribution in [0, 0.1) is 11.3 Å². The third-order valence-corrected chi connectivity index (χ3v) is 5.57. The fraction of sp³-hybridized carbons (Fsp3) is 0.400. The lowest BCUT2D eigenvalue weighted by atomic mass is 9.95. The number of nitriles is 1. The fourth-order valence-corrected chi connectivity index (χ4v) is 4.69. The van der Waals surface area contributed by atoms with Gasteiger partial charge in [-0.3, -0.25) is 0 Å². The first-order chi connectivity index (χ1) is 9.83. The molecule has 1 saturated heterocycles. The van der Waals surface area contributed by atoms with Crippen molar-refractivity contribution in [2.45, 2.75) is 36.2 Å². The summed E-state index contributed by atoms with van der Waals surface area (Å²) in [6.07, 6.45) is 13.0. The molecule has 0 N–H and O–H groups in total. The number of nitrogens with zero attached hydrogens (tertiary/aromatic N) is 4. The summed E-state index contributed by atoms with van der Waals surface area (Å²) in [5.74, 6) is 0. The van der Waals surface area contributed by atoms with E-state index < -0.39 is 0 Å². The molecule has 0 amide bonds. The molecule has 0 aliphatic carbocycles. The van der Waals surface area contributed by atoms with E-state index in [4.69, 9.17) is 5.26 Å². The Balaban J connectivity index is 1.75. The van der Waals surface area contributed by atoms with E-state index >= 15 is 0 Å². The van der Waals surface area contributed by atoms with Crippen molar-refractivity contribution in [2.24, 2.45) is 0 Å². The van der Waals surface area contributed by atoms with Gasteiger partial charge in [-0.25, -0.2) is 9.50 Å². The van der Waals surface area contributed by atoms with Crippen molar-refractivity contribution in [3.8, 4) is 6.07 Å². The van der Waals surface area contributed by atoms with Crippen LogP contribution in [0.25, 0.3) is 11.2 Å². The van der Waals surface area contributed by atoms with E-state index in [1.165, 1.54) is 24.8 Å². The van der Waals surface area contributed by atoms with Crippen molar-refractivity contribution >= 4 is 23.0 Å². The van der Waals surface area contributed by atoms with Crippen molar-refractivity contribution in [1.29, 1.82) is 5.26 Å². The van der Waals surface area contributed by atoms with Crippen molar-refractivity contribution in [3.63, 3.8) is 0 Å². The van der Waals surface area contributed by atoms with Gasteiger partial charge in [-0.15, -0.1) is 0 Å². The van der Waals surface area contributed by atoms with Crippen molar-refractivity contribution in [2.75, 3.05) is 0 Å². The highest BCUT2D eigenvalue weighted by Crippen LogP contribution is 2.43. The summed E-state index contributed by atoms with van der Waals surface area (Å²) in [6, 6.07) is 2.12. The van der Waals surface area contributed by atoms with Crippen LogP contribution < -0.4 is 0 Å². The minimum absolute atomic E-state index is 0.529. The monoisotopic (exact) mass is 282 g/mol.